The third-order valence-electron chi connectivity index (χ3n) is 6.96. The van der Waals surface area contributed by atoms with Crippen LogP contribution in [0.1, 0.15) is 49.8 Å². The van der Waals surface area contributed by atoms with Crippen LogP contribution in [0.3, 0.4) is 0 Å². The first kappa shape index (κ1) is 24.5. The molecule has 2 aromatic rings. The van der Waals surface area contributed by atoms with Gasteiger partial charge in [-0.25, -0.2) is 8.42 Å². The molecule has 1 aromatic heterocycles. The van der Waals surface area contributed by atoms with Gasteiger partial charge in [0.2, 0.25) is 15.9 Å². The first-order chi connectivity index (χ1) is 16.1. The van der Waals surface area contributed by atoms with Gasteiger partial charge in [-0.2, -0.15) is 4.72 Å². The molecule has 34 heavy (non-hydrogen) atoms. The van der Waals surface area contributed by atoms with E-state index in [2.05, 4.69) is 4.72 Å². The van der Waals surface area contributed by atoms with E-state index in [-0.39, 0.29) is 22.5 Å². The largest absolute Gasteiger partial charge is 0.488 e. The molecule has 4 rings (SSSR count). The van der Waals surface area contributed by atoms with Crippen LogP contribution in [-0.2, 0) is 21.9 Å². The van der Waals surface area contributed by atoms with Gasteiger partial charge in [0.1, 0.15) is 17.4 Å². The van der Waals surface area contributed by atoms with E-state index in [1.807, 2.05) is 26.0 Å². The lowest BCUT2D eigenvalue weighted by molar-refractivity contribution is -0.138. The molecule has 1 aromatic carbocycles. The van der Waals surface area contributed by atoms with Gasteiger partial charge in [-0.3, -0.25) is 9.59 Å². The Bertz CT molecular complexity index is 1230. The summed E-state index contributed by atoms with van der Waals surface area (Å²) in [5.41, 5.74) is 0.347. The predicted molar refractivity (Wildman–Crippen MR) is 129 cm³/mol. The summed E-state index contributed by atoms with van der Waals surface area (Å²) in [5.74, 6) is 0.308. The zero-order valence-electron chi connectivity index (χ0n) is 20.0. The van der Waals surface area contributed by atoms with Crippen molar-refractivity contribution in [2.24, 2.45) is 7.05 Å². The van der Waals surface area contributed by atoms with Gasteiger partial charge in [-0.1, -0.05) is 31.4 Å². The molecule has 0 bridgehead atoms. The second-order valence-corrected chi connectivity index (χ2v) is 11.3. The van der Waals surface area contributed by atoms with E-state index in [0.717, 1.165) is 30.5 Å². The molecule has 1 atom stereocenters. The number of carbonyl (C=O) groups is 1. The van der Waals surface area contributed by atoms with Crippen molar-refractivity contribution in [1.29, 1.82) is 0 Å². The van der Waals surface area contributed by atoms with Crippen LogP contribution in [-0.4, -0.2) is 48.5 Å². The van der Waals surface area contributed by atoms with Crippen LogP contribution in [0.15, 0.2) is 46.1 Å². The number of sulfonamides is 1. The summed E-state index contributed by atoms with van der Waals surface area (Å²) in [7, 11) is -2.15. The summed E-state index contributed by atoms with van der Waals surface area (Å²) in [6.45, 7) is 4.53. The molecule has 2 fully saturated rings. The highest BCUT2D eigenvalue weighted by Crippen LogP contribution is 2.33. The number of nitrogens with zero attached hydrogens (tertiary/aromatic N) is 2. The predicted octanol–water partition coefficient (Wildman–Crippen LogP) is 2.66. The fourth-order valence-electron chi connectivity index (χ4n) is 4.92. The number of ether oxygens (including phenoxy) is 1. The molecule has 9 heteroatoms. The smallest absolute Gasteiger partial charge is 0.254 e. The fourth-order valence-corrected chi connectivity index (χ4v) is 6.44. The number of amides is 1. The van der Waals surface area contributed by atoms with Gasteiger partial charge in [0.15, 0.2) is 0 Å². The first-order valence-corrected chi connectivity index (χ1v) is 13.3. The van der Waals surface area contributed by atoms with E-state index in [1.54, 1.807) is 34.7 Å². The van der Waals surface area contributed by atoms with Crippen LogP contribution in [0.5, 0.6) is 5.75 Å². The Balaban J connectivity index is 1.51. The van der Waals surface area contributed by atoms with Crippen molar-refractivity contribution >= 4 is 15.9 Å². The highest BCUT2D eigenvalue weighted by Gasteiger charge is 2.46. The zero-order chi connectivity index (χ0) is 24.5. The Morgan fingerprint density at radius 1 is 1.12 bits per heavy atom. The topological polar surface area (TPSA) is 97.7 Å². The van der Waals surface area contributed by atoms with Crippen molar-refractivity contribution in [3.05, 3.63) is 58.0 Å². The molecule has 2 heterocycles. The van der Waals surface area contributed by atoms with Gasteiger partial charge in [-0.05, 0) is 50.5 Å². The van der Waals surface area contributed by atoms with Crippen LogP contribution in [0.25, 0.3) is 0 Å². The lowest BCUT2D eigenvalue weighted by Gasteiger charge is -2.39. The number of benzene rings is 1. The minimum Gasteiger partial charge on any atom is -0.488 e. The molecule has 1 unspecified atom stereocenters. The van der Waals surface area contributed by atoms with Crippen LogP contribution in [0, 0.1) is 13.8 Å². The number of hydrogen-bond donors (Lipinski definition) is 1. The molecular weight excluding hydrogens is 454 g/mol. The lowest BCUT2D eigenvalue weighted by atomic mass is 9.81. The number of carbonyl (C=O) groups excluding carboxylic acids is 1. The Kier molecular flexibility index (Phi) is 6.87. The minimum atomic E-state index is -3.86. The van der Waals surface area contributed by atoms with Crippen LogP contribution in [0.4, 0.5) is 0 Å². The highest BCUT2D eigenvalue weighted by atomic mass is 32.2. The minimum absolute atomic E-state index is 0.146. The first-order valence-electron chi connectivity index (χ1n) is 11.8. The number of likely N-dealkylation sites (tertiary alicyclic amines) is 1. The van der Waals surface area contributed by atoms with E-state index in [0.29, 0.717) is 38.1 Å². The summed E-state index contributed by atoms with van der Waals surface area (Å²) < 4.78 is 36.9. The molecule has 1 saturated carbocycles. The summed E-state index contributed by atoms with van der Waals surface area (Å²) in [4.78, 5) is 27.7. The molecule has 8 nitrogen and oxygen atoms in total. The van der Waals surface area contributed by atoms with Crippen molar-refractivity contribution in [3.63, 3.8) is 0 Å². The molecule has 1 aliphatic heterocycles. The molecule has 1 aliphatic carbocycles. The maximum absolute atomic E-state index is 13.7. The van der Waals surface area contributed by atoms with E-state index >= 15 is 0 Å². The van der Waals surface area contributed by atoms with E-state index < -0.39 is 15.6 Å². The Labute approximate surface area is 201 Å². The summed E-state index contributed by atoms with van der Waals surface area (Å²) in [6, 6.07) is 9.99. The SMILES string of the molecule is Cc1cccc(S(=O)(=O)NC2(C(=O)N3CCC(Oc4cc(C)n(C)c(=O)c4)C3)CCCCC2)c1. The summed E-state index contributed by atoms with van der Waals surface area (Å²) in [5, 5.41) is 0. The van der Waals surface area contributed by atoms with Gasteiger partial charge < -0.3 is 14.2 Å². The van der Waals surface area contributed by atoms with Gasteiger partial charge >= 0.3 is 0 Å². The number of pyridine rings is 1. The number of nitrogens with one attached hydrogen (secondary N) is 1. The van der Waals surface area contributed by atoms with Gasteiger partial charge in [0.05, 0.1) is 11.4 Å². The number of hydrogen-bond acceptors (Lipinski definition) is 5. The van der Waals surface area contributed by atoms with E-state index in [1.165, 1.54) is 6.07 Å². The van der Waals surface area contributed by atoms with Crippen LogP contribution in [0.2, 0.25) is 0 Å². The normalized spacial score (nSPS) is 20.3. The van der Waals surface area contributed by atoms with Gasteiger partial charge in [0, 0.05) is 31.8 Å². The number of aromatic nitrogens is 1. The summed E-state index contributed by atoms with van der Waals surface area (Å²) in [6.07, 6.45) is 3.91. The van der Waals surface area contributed by atoms with Crippen LogP contribution < -0.4 is 15.0 Å². The molecule has 1 N–H and O–H groups in total. The van der Waals surface area contributed by atoms with E-state index in [4.69, 9.17) is 4.74 Å². The van der Waals surface area contributed by atoms with Crippen molar-refractivity contribution < 1.29 is 17.9 Å². The van der Waals surface area contributed by atoms with Crippen molar-refractivity contribution in [2.75, 3.05) is 13.1 Å². The van der Waals surface area contributed by atoms with Gasteiger partial charge in [-0.15, -0.1) is 0 Å². The Morgan fingerprint density at radius 3 is 2.53 bits per heavy atom. The summed E-state index contributed by atoms with van der Waals surface area (Å²) >= 11 is 0. The molecule has 0 spiro atoms. The van der Waals surface area contributed by atoms with Crippen molar-refractivity contribution in [3.8, 4) is 5.75 Å². The molecule has 1 saturated heterocycles. The Hall–Kier alpha value is -2.65. The Morgan fingerprint density at radius 2 is 1.85 bits per heavy atom. The molecular formula is C25H33N3O5S. The quantitative estimate of drug-likeness (QED) is 0.676. The molecule has 1 amide bonds. The van der Waals surface area contributed by atoms with Crippen molar-refractivity contribution in [1.82, 2.24) is 14.2 Å². The number of aryl methyl sites for hydroxylation is 2. The molecule has 184 valence electrons. The molecule has 0 radical (unpaired) electrons. The monoisotopic (exact) mass is 487 g/mol. The second kappa shape index (κ2) is 9.54. The van der Waals surface area contributed by atoms with Gasteiger partial charge in [0.25, 0.3) is 5.56 Å². The second-order valence-electron chi connectivity index (χ2n) is 9.57. The molecule has 2 aliphatic rings. The third kappa shape index (κ3) is 5.05. The maximum atomic E-state index is 13.7. The average molecular weight is 488 g/mol. The van der Waals surface area contributed by atoms with E-state index in [9.17, 15) is 18.0 Å². The zero-order valence-corrected chi connectivity index (χ0v) is 20.9. The standard InChI is InChI=1S/C25H33N3O5S/c1-18-8-7-9-22(14-18)34(31,32)26-25(11-5-4-6-12-25)24(30)28-13-10-20(17-28)33-21-15-19(2)27(3)23(29)16-21/h7-9,14-16,20,26H,4-6,10-13,17H2,1-3H3. The average Bonchev–Trinajstić information content (AvgIpc) is 3.25. The van der Waals surface area contributed by atoms with Crippen LogP contribution >= 0.6 is 0 Å². The highest BCUT2D eigenvalue weighted by molar-refractivity contribution is 7.89. The fraction of sp³-hybridized carbons (Fsp3) is 0.520. The number of rotatable bonds is 6. The lowest BCUT2D eigenvalue weighted by Crippen LogP contribution is -2.60. The maximum Gasteiger partial charge on any atom is 0.254 e. The van der Waals surface area contributed by atoms with Crippen molar-refractivity contribution in [2.45, 2.75) is 68.9 Å². The third-order valence-corrected chi connectivity index (χ3v) is 8.49.